The first kappa shape index (κ1) is 18.1. The van der Waals surface area contributed by atoms with Crippen LogP contribution in [0.25, 0.3) is 0 Å². The molecule has 0 spiro atoms. The number of hydrogen-bond acceptors (Lipinski definition) is 2. The highest BCUT2D eigenvalue weighted by molar-refractivity contribution is 5.54. The second-order valence-corrected chi connectivity index (χ2v) is 5.71. The molecule has 0 aliphatic heterocycles. The van der Waals surface area contributed by atoms with E-state index in [1.807, 2.05) is 26.1 Å². The number of halogens is 1. The van der Waals surface area contributed by atoms with Crippen molar-refractivity contribution in [1.29, 1.82) is 5.26 Å². The van der Waals surface area contributed by atoms with Crippen LogP contribution in [0.3, 0.4) is 0 Å². The van der Waals surface area contributed by atoms with Gasteiger partial charge in [0.1, 0.15) is 5.82 Å². The number of hydrogen-bond donors (Lipinski definition) is 0. The quantitative estimate of drug-likeness (QED) is 0.603. The SMILES string of the molecule is CC=N/C=C(/CCC(C)c1ccc(C#N)cc1F)C(C)CC. The molecule has 0 heterocycles. The third kappa shape index (κ3) is 5.11. The lowest BCUT2D eigenvalue weighted by atomic mass is 9.89. The number of aliphatic imine (C=N–C) groups is 1. The van der Waals surface area contributed by atoms with Gasteiger partial charge in [-0.1, -0.05) is 26.8 Å². The molecule has 0 saturated carbocycles. The molecule has 22 heavy (non-hydrogen) atoms. The molecule has 0 bridgehead atoms. The third-order valence-corrected chi connectivity index (χ3v) is 4.16. The van der Waals surface area contributed by atoms with Crippen LogP contribution in [0.5, 0.6) is 0 Å². The van der Waals surface area contributed by atoms with Crippen molar-refractivity contribution in [1.82, 2.24) is 0 Å². The van der Waals surface area contributed by atoms with E-state index in [4.69, 9.17) is 5.26 Å². The van der Waals surface area contributed by atoms with Crippen molar-refractivity contribution >= 4 is 6.21 Å². The molecule has 0 radical (unpaired) electrons. The normalized spacial score (nSPS) is 14.8. The first-order valence-electron chi connectivity index (χ1n) is 7.89. The van der Waals surface area contributed by atoms with Crippen molar-refractivity contribution < 1.29 is 4.39 Å². The Bertz CT molecular complexity index is 582. The Labute approximate surface area is 133 Å². The van der Waals surface area contributed by atoms with E-state index >= 15 is 0 Å². The number of nitriles is 1. The molecule has 0 fully saturated rings. The van der Waals surface area contributed by atoms with Crippen molar-refractivity contribution in [3.63, 3.8) is 0 Å². The second-order valence-electron chi connectivity index (χ2n) is 5.71. The lowest BCUT2D eigenvalue weighted by molar-refractivity contribution is 0.551. The lowest BCUT2D eigenvalue weighted by Crippen LogP contribution is -2.03. The van der Waals surface area contributed by atoms with Gasteiger partial charge in [-0.25, -0.2) is 4.39 Å². The van der Waals surface area contributed by atoms with E-state index in [0.29, 0.717) is 17.0 Å². The molecule has 0 amide bonds. The number of allylic oxidation sites excluding steroid dienone is 1. The Morgan fingerprint density at radius 1 is 1.41 bits per heavy atom. The summed E-state index contributed by atoms with van der Waals surface area (Å²) in [5, 5.41) is 8.80. The molecule has 2 nitrogen and oxygen atoms in total. The number of nitrogens with zero attached hydrogens (tertiary/aromatic N) is 2. The Morgan fingerprint density at radius 3 is 2.68 bits per heavy atom. The predicted molar refractivity (Wildman–Crippen MR) is 90.5 cm³/mol. The summed E-state index contributed by atoms with van der Waals surface area (Å²) < 4.78 is 14.1. The fourth-order valence-electron chi connectivity index (χ4n) is 2.41. The van der Waals surface area contributed by atoms with Gasteiger partial charge in [-0.05, 0) is 61.3 Å². The van der Waals surface area contributed by atoms with E-state index in [9.17, 15) is 4.39 Å². The molecule has 0 aromatic heterocycles. The van der Waals surface area contributed by atoms with Crippen molar-refractivity contribution in [3.05, 3.63) is 46.9 Å². The zero-order chi connectivity index (χ0) is 16.5. The second kappa shape index (κ2) is 9.15. The molecule has 0 N–H and O–H groups in total. The topological polar surface area (TPSA) is 36.1 Å². The molecular weight excluding hydrogens is 275 g/mol. The van der Waals surface area contributed by atoms with Gasteiger partial charge in [0.05, 0.1) is 11.6 Å². The minimum absolute atomic E-state index is 0.116. The van der Waals surface area contributed by atoms with Crippen LogP contribution in [-0.4, -0.2) is 6.21 Å². The van der Waals surface area contributed by atoms with E-state index < -0.39 is 0 Å². The maximum atomic E-state index is 14.1. The van der Waals surface area contributed by atoms with E-state index in [1.165, 1.54) is 11.6 Å². The highest BCUT2D eigenvalue weighted by Crippen LogP contribution is 2.28. The van der Waals surface area contributed by atoms with Crippen molar-refractivity contribution in [2.75, 3.05) is 0 Å². The van der Waals surface area contributed by atoms with Crippen LogP contribution in [0, 0.1) is 23.1 Å². The van der Waals surface area contributed by atoms with Gasteiger partial charge in [0.15, 0.2) is 0 Å². The van der Waals surface area contributed by atoms with Crippen LogP contribution in [-0.2, 0) is 0 Å². The summed E-state index contributed by atoms with van der Waals surface area (Å²) >= 11 is 0. The standard InChI is InChI=1S/C19H25FN2/c1-5-14(3)17(13-22-6-2)9-7-15(4)18-10-8-16(12-21)11-19(18)20/h6,8,10-11,13-15H,5,7,9H2,1-4H3/b17-13-,22-6?. The van der Waals surface area contributed by atoms with Crippen LogP contribution in [0.4, 0.5) is 4.39 Å². The fraction of sp³-hybridized carbons (Fsp3) is 0.474. The van der Waals surface area contributed by atoms with Crippen LogP contribution in [0.1, 0.15) is 64.0 Å². The van der Waals surface area contributed by atoms with E-state index in [-0.39, 0.29) is 11.7 Å². The van der Waals surface area contributed by atoms with Gasteiger partial charge in [0, 0.05) is 12.4 Å². The minimum Gasteiger partial charge on any atom is -0.269 e. The van der Waals surface area contributed by atoms with E-state index in [0.717, 1.165) is 19.3 Å². The molecule has 118 valence electrons. The Hall–Kier alpha value is -1.95. The molecule has 2 atom stereocenters. The average molecular weight is 300 g/mol. The van der Waals surface area contributed by atoms with Gasteiger partial charge in [-0.2, -0.15) is 5.26 Å². The molecule has 2 unspecified atom stereocenters. The van der Waals surface area contributed by atoms with Gasteiger partial charge in [0.25, 0.3) is 0 Å². The molecule has 0 saturated heterocycles. The average Bonchev–Trinajstić information content (AvgIpc) is 2.53. The van der Waals surface area contributed by atoms with Crippen LogP contribution in [0.2, 0.25) is 0 Å². The molecule has 1 rings (SSSR count). The smallest absolute Gasteiger partial charge is 0.127 e. The maximum absolute atomic E-state index is 14.1. The van der Waals surface area contributed by atoms with Crippen molar-refractivity contribution in [2.24, 2.45) is 10.9 Å². The number of benzene rings is 1. The first-order chi connectivity index (χ1) is 10.5. The Kier molecular flexibility index (Phi) is 7.52. The largest absolute Gasteiger partial charge is 0.269 e. The van der Waals surface area contributed by atoms with Crippen LogP contribution >= 0.6 is 0 Å². The fourth-order valence-corrected chi connectivity index (χ4v) is 2.41. The molecule has 1 aromatic rings. The molecule has 0 aliphatic carbocycles. The van der Waals surface area contributed by atoms with Gasteiger partial charge in [-0.15, -0.1) is 0 Å². The van der Waals surface area contributed by atoms with Gasteiger partial charge in [-0.3, -0.25) is 4.99 Å². The third-order valence-electron chi connectivity index (χ3n) is 4.16. The summed E-state index contributed by atoms with van der Waals surface area (Å²) in [6.45, 7) is 8.29. The van der Waals surface area contributed by atoms with Gasteiger partial charge >= 0.3 is 0 Å². The van der Waals surface area contributed by atoms with Crippen molar-refractivity contribution in [3.8, 4) is 6.07 Å². The predicted octanol–water partition coefficient (Wildman–Crippen LogP) is 5.60. The van der Waals surface area contributed by atoms with Crippen LogP contribution < -0.4 is 0 Å². The molecule has 1 aromatic carbocycles. The Morgan fingerprint density at radius 2 is 2.14 bits per heavy atom. The molecule has 0 aliphatic rings. The summed E-state index contributed by atoms with van der Waals surface area (Å²) in [5.41, 5.74) is 2.36. The minimum atomic E-state index is -0.285. The van der Waals surface area contributed by atoms with Gasteiger partial charge in [0.2, 0.25) is 0 Å². The maximum Gasteiger partial charge on any atom is 0.127 e. The van der Waals surface area contributed by atoms with E-state index in [2.05, 4.69) is 18.8 Å². The van der Waals surface area contributed by atoms with E-state index in [1.54, 1.807) is 18.3 Å². The zero-order valence-electron chi connectivity index (χ0n) is 13.9. The number of rotatable bonds is 7. The summed E-state index contributed by atoms with van der Waals surface area (Å²) in [6.07, 6.45) is 6.58. The van der Waals surface area contributed by atoms with Crippen LogP contribution in [0.15, 0.2) is 35.0 Å². The first-order valence-corrected chi connectivity index (χ1v) is 7.89. The van der Waals surface area contributed by atoms with Gasteiger partial charge < -0.3 is 0 Å². The summed E-state index contributed by atoms with van der Waals surface area (Å²) in [7, 11) is 0. The summed E-state index contributed by atoms with van der Waals surface area (Å²) in [4.78, 5) is 4.23. The molecule has 3 heteroatoms. The summed E-state index contributed by atoms with van der Waals surface area (Å²) in [6, 6.07) is 6.70. The lowest BCUT2D eigenvalue weighted by Gasteiger charge is -2.17. The highest BCUT2D eigenvalue weighted by Gasteiger charge is 2.14. The summed E-state index contributed by atoms with van der Waals surface area (Å²) in [5.74, 6) is 0.319. The Balaban J connectivity index is 2.79. The molecular formula is C19H25FN2. The zero-order valence-corrected chi connectivity index (χ0v) is 13.9. The van der Waals surface area contributed by atoms with Crippen molar-refractivity contribution in [2.45, 2.75) is 52.9 Å². The monoisotopic (exact) mass is 300 g/mol. The highest BCUT2D eigenvalue weighted by atomic mass is 19.1.